The van der Waals surface area contributed by atoms with Gasteiger partial charge in [-0.1, -0.05) is 36.7 Å². The monoisotopic (exact) mass is 338 g/mol. The summed E-state index contributed by atoms with van der Waals surface area (Å²) in [5.74, 6) is 0.0135. The van der Waals surface area contributed by atoms with Gasteiger partial charge in [-0.15, -0.1) is 0 Å². The van der Waals surface area contributed by atoms with Gasteiger partial charge in [0.15, 0.2) is 0 Å². The van der Waals surface area contributed by atoms with Crippen molar-refractivity contribution < 1.29 is 4.79 Å². The molecule has 0 aliphatic carbocycles. The van der Waals surface area contributed by atoms with Gasteiger partial charge in [-0.2, -0.15) is 0 Å². The Kier molecular flexibility index (Phi) is 3.70. The van der Waals surface area contributed by atoms with Gasteiger partial charge in [0.1, 0.15) is 0 Å². The maximum atomic E-state index is 12.5. The Hall–Kier alpha value is -2.10. The standard InChI is InChI=1S/C20H19ClN2O/c1-3-22-11-17-15-6-4-5-7-19(15)23(13(2)24)20-9-8-14(21)10-16(20)18(17)12-22/h4-10H,3,11-12H2,1-2H3. The minimum absolute atomic E-state index is 0.0135. The summed E-state index contributed by atoms with van der Waals surface area (Å²) in [6.07, 6.45) is 0. The molecule has 122 valence electrons. The molecule has 2 aliphatic heterocycles. The van der Waals surface area contributed by atoms with E-state index in [4.69, 9.17) is 11.6 Å². The number of para-hydroxylation sites is 1. The molecule has 2 aromatic carbocycles. The van der Waals surface area contributed by atoms with Gasteiger partial charge in [0, 0.05) is 36.2 Å². The number of benzene rings is 2. The average molecular weight is 339 g/mol. The van der Waals surface area contributed by atoms with E-state index in [0.29, 0.717) is 5.02 Å². The Labute approximate surface area is 147 Å². The van der Waals surface area contributed by atoms with Crippen LogP contribution in [0, 0.1) is 0 Å². The van der Waals surface area contributed by atoms with E-state index in [0.717, 1.165) is 42.1 Å². The third kappa shape index (κ3) is 2.27. The molecule has 24 heavy (non-hydrogen) atoms. The molecule has 0 atom stereocenters. The van der Waals surface area contributed by atoms with Gasteiger partial charge >= 0.3 is 0 Å². The van der Waals surface area contributed by atoms with E-state index < -0.39 is 0 Å². The molecule has 0 saturated carbocycles. The van der Waals surface area contributed by atoms with Gasteiger partial charge in [0.2, 0.25) is 5.91 Å². The van der Waals surface area contributed by atoms with Crippen LogP contribution in [0.25, 0.3) is 11.1 Å². The van der Waals surface area contributed by atoms with Crippen LogP contribution in [0.2, 0.25) is 5.02 Å². The maximum Gasteiger partial charge on any atom is 0.228 e. The lowest BCUT2D eigenvalue weighted by atomic mass is 9.97. The SMILES string of the molecule is CCN1CC2=C(C1)c1cc(Cl)ccc1N(C(C)=O)c1ccccc12. The first-order valence-electron chi connectivity index (χ1n) is 8.24. The first kappa shape index (κ1) is 15.4. The van der Waals surface area contributed by atoms with Crippen LogP contribution in [-0.4, -0.2) is 30.4 Å². The third-order valence-corrected chi connectivity index (χ3v) is 5.12. The van der Waals surface area contributed by atoms with E-state index in [9.17, 15) is 4.79 Å². The number of halogens is 1. The minimum Gasteiger partial charge on any atom is -0.295 e. The summed E-state index contributed by atoms with van der Waals surface area (Å²) in [5, 5.41) is 0.699. The Bertz CT molecular complexity index is 872. The van der Waals surface area contributed by atoms with Gasteiger partial charge < -0.3 is 0 Å². The van der Waals surface area contributed by atoms with Crippen LogP contribution in [0.5, 0.6) is 0 Å². The number of amides is 1. The third-order valence-electron chi connectivity index (χ3n) is 4.88. The van der Waals surface area contributed by atoms with Crippen molar-refractivity contribution in [2.45, 2.75) is 13.8 Å². The van der Waals surface area contributed by atoms with E-state index in [1.165, 1.54) is 11.1 Å². The summed E-state index contributed by atoms with van der Waals surface area (Å²) in [6.45, 7) is 6.59. The number of rotatable bonds is 1. The zero-order chi connectivity index (χ0) is 16.8. The van der Waals surface area contributed by atoms with E-state index in [1.807, 2.05) is 41.3 Å². The molecule has 0 aromatic heterocycles. The Balaban J connectivity index is 2.05. The first-order valence-corrected chi connectivity index (χ1v) is 8.62. The molecule has 0 bridgehead atoms. The molecule has 2 aliphatic rings. The van der Waals surface area contributed by atoms with Crippen LogP contribution in [0.4, 0.5) is 11.4 Å². The lowest BCUT2D eigenvalue weighted by Crippen LogP contribution is -2.26. The van der Waals surface area contributed by atoms with Crippen molar-refractivity contribution in [3.8, 4) is 0 Å². The van der Waals surface area contributed by atoms with E-state index in [-0.39, 0.29) is 5.91 Å². The smallest absolute Gasteiger partial charge is 0.228 e. The second kappa shape index (κ2) is 5.76. The number of carbonyl (C=O) groups is 1. The number of fused-ring (bicyclic) bond motifs is 4. The van der Waals surface area contributed by atoms with Gasteiger partial charge in [0.25, 0.3) is 0 Å². The predicted molar refractivity (Wildman–Crippen MR) is 99.6 cm³/mol. The van der Waals surface area contributed by atoms with Crippen molar-refractivity contribution in [1.82, 2.24) is 4.90 Å². The highest BCUT2D eigenvalue weighted by molar-refractivity contribution is 6.31. The molecule has 3 nitrogen and oxygen atoms in total. The molecule has 0 N–H and O–H groups in total. The van der Waals surface area contributed by atoms with E-state index >= 15 is 0 Å². The second-order valence-corrected chi connectivity index (χ2v) is 6.73. The van der Waals surface area contributed by atoms with E-state index in [1.54, 1.807) is 6.92 Å². The molecule has 0 fully saturated rings. The topological polar surface area (TPSA) is 23.6 Å². The van der Waals surface area contributed by atoms with Crippen molar-refractivity contribution in [3.63, 3.8) is 0 Å². The van der Waals surface area contributed by atoms with Gasteiger partial charge in [-0.05, 0) is 42.0 Å². The fraction of sp³-hybridized carbons (Fsp3) is 0.250. The fourth-order valence-corrected chi connectivity index (χ4v) is 3.92. The van der Waals surface area contributed by atoms with Crippen LogP contribution in [0.1, 0.15) is 25.0 Å². The first-order chi connectivity index (χ1) is 11.6. The predicted octanol–water partition coefficient (Wildman–Crippen LogP) is 4.58. The zero-order valence-corrected chi connectivity index (χ0v) is 14.6. The van der Waals surface area contributed by atoms with Gasteiger partial charge in [-0.3, -0.25) is 14.6 Å². The second-order valence-electron chi connectivity index (χ2n) is 6.29. The molecule has 0 radical (unpaired) electrons. The highest BCUT2D eigenvalue weighted by Gasteiger charge is 2.32. The number of likely N-dealkylation sites (N-methyl/N-ethyl adjacent to an activating group) is 1. The molecular weight excluding hydrogens is 320 g/mol. The van der Waals surface area contributed by atoms with Crippen LogP contribution in [-0.2, 0) is 4.79 Å². The maximum absolute atomic E-state index is 12.5. The summed E-state index contributed by atoms with van der Waals surface area (Å²) in [4.78, 5) is 16.7. The number of hydrogen-bond acceptors (Lipinski definition) is 2. The van der Waals surface area contributed by atoms with Crippen molar-refractivity contribution in [2.75, 3.05) is 24.5 Å². The molecule has 2 heterocycles. The highest BCUT2D eigenvalue weighted by atomic mass is 35.5. The molecule has 1 amide bonds. The minimum atomic E-state index is 0.0135. The zero-order valence-electron chi connectivity index (χ0n) is 13.8. The van der Waals surface area contributed by atoms with Crippen LogP contribution in [0.3, 0.4) is 0 Å². The lowest BCUT2D eigenvalue weighted by molar-refractivity contribution is -0.115. The summed E-state index contributed by atoms with van der Waals surface area (Å²) in [6, 6.07) is 14.0. The van der Waals surface area contributed by atoms with Crippen molar-refractivity contribution in [3.05, 3.63) is 58.6 Å². The Morgan fingerprint density at radius 3 is 2.42 bits per heavy atom. The van der Waals surface area contributed by atoms with Crippen molar-refractivity contribution >= 4 is 40.0 Å². The van der Waals surface area contributed by atoms with Gasteiger partial charge in [-0.25, -0.2) is 0 Å². The lowest BCUT2D eigenvalue weighted by Gasteiger charge is -2.25. The number of nitrogens with zero attached hydrogens (tertiary/aromatic N) is 2. The van der Waals surface area contributed by atoms with Crippen LogP contribution >= 0.6 is 11.6 Å². The molecule has 0 unspecified atom stereocenters. The largest absolute Gasteiger partial charge is 0.295 e. The summed E-state index contributed by atoms with van der Waals surface area (Å²) in [7, 11) is 0. The summed E-state index contributed by atoms with van der Waals surface area (Å²) >= 11 is 6.29. The van der Waals surface area contributed by atoms with Crippen molar-refractivity contribution in [1.29, 1.82) is 0 Å². The summed E-state index contributed by atoms with van der Waals surface area (Å²) < 4.78 is 0. The molecule has 0 saturated heterocycles. The summed E-state index contributed by atoms with van der Waals surface area (Å²) in [5.41, 5.74) is 6.68. The molecule has 2 aromatic rings. The Morgan fingerprint density at radius 1 is 1.04 bits per heavy atom. The molecule has 4 heteroatoms. The fourth-order valence-electron chi connectivity index (χ4n) is 3.75. The number of hydrogen-bond donors (Lipinski definition) is 0. The van der Waals surface area contributed by atoms with Crippen molar-refractivity contribution in [2.24, 2.45) is 0 Å². The Morgan fingerprint density at radius 2 is 1.71 bits per heavy atom. The highest BCUT2D eigenvalue weighted by Crippen LogP contribution is 2.46. The normalized spacial score (nSPS) is 16.5. The molecular formula is C20H19ClN2O. The van der Waals surface area contributed by atoms with Gasteiger partial charge in [0.05, 0.1) is 11.4 Å². The van der Waals surface area contributed by atoms with E-state index in [2.05, 4.69) is 17.9 Å². The van der Waals surface area contributed by atoms with Crippen LogP contribution < -0.4 is 4.90 Å². The molecule has 0 spiro atoms. The van der Waals surface area contributed by atoms with Crippen LogP contribution in [0.15, 0.2) is 42.5 Å². The molecule has 4 rings (SSSR count). The quantitative estimate of drug-likeness (QED) is 0.759. The number of carbonyl (C=O) groups excluding carboxylic acids is 1. The number of anilines is 2. The average Bonchev–Trinajstić information content (AvgIpc) is 2.96.